The standard InChI is InChI=1S/C18H28N2O/c1-4-12-20-18(3,15-19)11-6-7-13-21-17-10-8-9-16(5-2)14-17/h8-10,14,20H,4-7,11-13H2,1-3H3. The third kappa shape index (κ3) is 6.64. The summed E-state index contributed by atoms with van der Waals surface area (Å²) in [6.07, 6.45) is 4.91. The largest absolute Gasteiger partial charge is 0.494 e. The van der Waals surface area contributed by atoms with Crippen LogP contribution in [-0.4, -0.2) is 18.7 Å². The van der Waals surface area contributed by atoms with Crippen LogP contribution < -0.4 is 10.1 Å². The van der Waals surface area contributed by atoms with Gasteiger partial charge in [0.2, 0.25) is 0 Å². The number of ether oxygens (including phenoxy) is 1. The van der Waals surface area contributed by atoms with E-state index in [9.17, 15) is 5.26 Å². The zero-order valence-corrected chi connectivity index (χ0v) is 13.6. The first-order chi connectivity index (χ1) is 10.1. The van der Waals surface area contributed by atoms with Gasteiger partial charge < -0.3 is 4.74 Å². The van der Waals surface area contributed by atoms with E-state index in [-0.39, 0.29) is 0 Å². The minimum absolute atomic E-state index is 0.405. The molecule has 116 valence electrons. The summed E-state index contributed by atoms with van der Waals surface area (Å²) in [5, 5.41) is 12.6. The second kappa shape index (κ2) is 9.41. The lowest BCUT2D eigenvalue weighted by molar-refractivity contribution is 0.295. The summed E-state index contributed by atoms with van der Waals surface area (Å²) in [5.74, 6) is 0.946. The molecule has 1 aromatic rings. The molecule has 0 radical (unpaired) electrons. The normalized spacial score (nSPS) is 13.4. The first kappa shape index (κ1) is 17.5. The predicted molar refractivity (Wildman–Crippen MR) is 87.5 cm³/mol. The molecule has 0 aliphatic rings. The van der Waals surface area contributed by atoms with Gasteiger partial charge in [-0.3, -0.25) is 5.32 Å². The van der Waals surface area contributed by atoms with Gasteiger partial charge in [-0.2, -0.15) is 5.26 Å². The van der Waals surface area contributed by atoms with Gasteiger partial charge in [0.1, 0.15) is 11.3 Å². The van der Waals surface area contributed by atoms with E-state index in [2.05, 4.69) is 37.4 Å². The van der Waals surface area contributed by atoms with Crippen molar-refractivity contribution in [3.05, 3.63) is 29.8 Å². The molecule has 0 saturated carbocycles. The quantitative estimate of drug-likeness (QED) is 0.660. The van der Waals surface area contributed by atoms with Gasteiger partial charge in [0.25, 0.3) is 0 Å². The maximum absolute atomic E-state index is 9.26. The minimum Gasteiger partial charge on any atom is -0.494 e. The highest BCUT2D eigenvalue weighted by molar-refractivity contribution is 5.28. The fourth-order valence-corrected chi connectivity index (χ4v) is 2.21. The van der Waals surface area contributed by atoms with Gasteiger partial charge in [-0.1, -0.05) is 26.0 Å². The van der Waals surface area contributed by atoms with Crippen LogP contribution in [-0.2, 0) is 6.42 Å². The molecular formula is C18H28N2O. The van der Waals surface area contributed by atoms with Gasteiger partial charge in [-0.25, -0.2) is 0 Å². The van der Waals surface area contributed by atoms with Crippen molar-refractivity contribution >= 4 is 0 Å². The van der Waals surface area contributed by atoms with Gasteiger partial charge in [0.05, 0.1) is 12.7 Å². The zero-order chi connectivity index (χ0) is 15.6. The minimum atomic E-state index is -0.405. The predicted octanol–water partition coefficient (Wildman–Crippen LogP) is 4.08. The summed E-state index contributed by atoms with van der Waals surface area (Å²) in [4.78, 5) is 0. The molecule has 0 aromatic heterocycles. The van der Waals surface area contributed by atoms with Crippen molar-refractivity contribution in [1.82, 2.24) is 5.32 Å². The molecule has 21 heavy (non-hydrogen) atoms. The molecule has 1 N–H and O–H groups in total. The number of aryl methyl sites for hydroxylation is 1. The van der Waals surface area contributed by atoms with E-state index in [1.807, 2.05) is 19.1 Å². The van der Waals surface area contributed by atoms with E-state index in [1.54, 1.807) is 0 Å². The Bertz CT molecular complexity index is 453. The van der Waals surface area contributed by atoms with Crippen molar-refractivity contribution in [1.29, 1.82) is 5.26 Å². The fourth-order valence-electron chi connectivity index (χ4n) is 2.21. The monoisotopic (exact) mass is 288 g/mol. The molecule has 0 aliphatic heterocycles. The first-order valence-corrected chi connectivity index (χ1v) is 8.01. The molecular weight excluding hydrogens is 260 g/mol. The Labute approximate surface area is 129 Å². The summed E-state index contributed by atoms with van der Waals surface area (Å²) in [6.45, 7) is 7.84. The van der Waals surface area contributed by atoms with Crippen molar-refractivity contribution in [2.24, 2.45) is 0 Å². The van der Waals surface area contributed by atoms with Crippen LogP contribution in [0.2, 0.25) is 0 Å². The number of nitrogens with one attached hydrogen (secondary N) is 1. The van der Waals surface area contributed by atoms with E-state index in [0.717, 1.165) is 44.4 Å². The Morgan fingerprint density at radius 3 is 2.76 bits per heavy atom. The lowest BCUT2D eigenvalue weighted by Gasteiger charge is -2.22. The van der Waals surface area contributed by atoms with Crippen LogP contribution in [0.15, 0.2) is 24.3 Å². The van der Waals surface area contributed by atoms with Crippen LogP contribution in [0.25, 0.3) is 0 Å². The smallest absolute Gasteiger partial charge is 0.119 e. The van der Waals surface area contributed by atoms with Crippen molar-refractivity contribution < 1.29 is 4.74 Å². The van der Waals surface area contributed by atoms with E-state index in [1.165, 1.54) is 5.56 Å². The fraction of sp³-hybridized carbons (Fsp3) is 0.611. The average molecular weight is 288 g/mol. The highest BCUT2D eigenvalue weighted by atomic mass is 16.5. The molecule has 1 rings (SSSR count). The number of rotatable bonds is 10. The van der Waals surface area contributed by atoms with E-state index in [4.69, 9.17) is 4.74 Å². The maximum atomic E-state index is 9.26. The lowest BCUT2D eigenvalue weighted by Crippen LogP contribution is -2.41. The zero-order valence-electron chi connectivity index (χ0n) is 13.6. The molecule has 0 bridgehead atoms. The van der Waals surface area contributed by atoms with Crippen LogP contribution in [0.3, 0.4) is 0 Å². The van der Waals surface area contributed by atoms with Crippen molar-refractivity contribution in [3.8, 4) is 11.8 Å². The van der Waals surface area contributed by atoms with Crippen LogP contribution in [0.1, 0.15) is 52.0 Å². The molecule has 3 nitrogen and oxygen atoms in total. The van der Waals surface area contributed by atoms with Crippen LogP contribution in [0.4, 0.5) is 0 Å². The summed E-state index contributed by atoms with van der Waals surface area (Å²) < 4.78 is 5.77. The maximum Gasteiger partial charge on any atom is 0.119 e. The highest BCUT2D eigenvalue weighted by Crippen LogP contribution is 2.16. The lowest BCUT2D eigenvalue weighted by atomic mass is 9.96. The van der Waals surface area contributed by atoms with Gasteiger partial charge in [-0.15, -0.1) is 0 Å². The molecule has 0 spiro atoms. The van der Waals surface area contributed by atoms with Crippen LogP contribution >= 0.6 is 0 Å². The van der Waals surface area contributed by atoms with E-state index >= 15 is 0 Å². The molecule has 0 saturated heterocycles. The molecule has 0 aliphatic carbocycles. The highest BCUT2D eigenvalue weighted by Gasteiger charge is 2.21. The number of hydrogen-bond acceptors (Lipinski definition) is 3. The second-order valence-electron chi connectivity index (χ2n) is 5.68. The molecule has 0 heterocycles. The Morgan fingerprint density at radius 1 is 1.29 bits per heavy atom. The van der Waals surface area contributed by atoms with Crippen molar-refractivity contribution in [2.75, 3.05) is 13.2 Å². The van der Waals surface area contributed by atoms with Crippen LogP contribution in [0, 0.1) is 11.3 Å². The van der Waals surface area contributed by atoms with Gasteiger partial charge >= 0.3 is 0 Å². The van der Waals surface area contributed by atoms with Crippen LogP contribution in [0.5, 0.6) is 5.75 Å². The Hall–Kier alpha value is -1.53. The average Bonchev–Trinajstić information content (AvgIpc) is 2.53. The molecule has 3 heteroatoms. The van der Waals surface area contributed by atoms with Crippen molar-refractivity contribution in [3.63, 3.8) is 0 Å². The van der Waals surface area contributed by atoms with Crippen molar-refractivity contribution in [2.45, 2.75) is 58.4 Å². The first-order valence-electron chi connectivity index (χ1n) is 8.01. The third-order valence-electron chi connectivity index (χ3n) is 3.66. The summed E-state index contributed by atoms with van der Waals surface area (Å²) in [7, 11) is 0. The molecule has 0 fully saturated rings. The van der Waals surface area contributed by atoms with E-state index < -0.39 is 5.54 Å². The van der Waals surface area contributed by atoms with Gasteiger partial charge in [0.15, 0.2) is 0 Å². The van der Waals surface area contributed by atoms with E-state index in [0.29, 0.717) is 6.61 Å². The van der Waals surface area contributed by atoms with Gasteiger partial charge in [-0.05, 0) is 63.3 Å². The summed E-state index contributed by atoms with van der Waals surface area (Å²) in [6, 6.07) is 10.6. The number of benzene rings is 1. The molecule has 1 aromatic carbocycles. The number of unbranched alkanes of at least 4 members (excludes halogenated alkanes) is 1. The topological polar surface area (TPSA) is 45.0 Å². The molecule has 0 amide bonds. The second-order valence-corrected chi connectivity index (χ2v) is 5.68. The Balaban J connectivity index is 2.26. The number of nitriles is 1. The number of nitrogens with zero attached hydrogens (tertiary/aromatic N) is 1. The number of hydrogen-bond donors (Lipinski definition) is 1. The summed E-state index contributed by atoms with van der Waals surface area (Å²) in [5.41, 5.74) is 0.895. The third-order valence-corrected chi connectivity index (χ3v) is 3.66. The Kier molecular flexibility index (Phi) is 7.85. The Morgan fingerprint density at radius 2 is 2.10 bits per heavy atom. The van der Waals surface area contributed by atoms with Gasteiger partial charge in [0, 0.05) is 0 Å². The molecule has 1 unspecified atom stereocenters. The SMILES string of the molecule is CCCNC(C)(C#N)CCCCOc1cccc(CC)c1. The summed E-state index contributed by atoms with van der Waals surface area (Å²) >= 11 is 0. The molecule has 1 atom stereocenters.